The monoisotopic (exact) mass is 361 g/mol. The molecule has 0 aliphatic heterocycles. The van der Waals surface area contributed by atoms with Crippen LogP contribution in [0.1, 0.15) is 46.3 Å². The van der Waals surface area contributed by atoms with Gasteiger partial charge in [0.1, 0.15) is 5.75 Å². The Bertz CT molecular complexity index is 872. The highest BCUT2D eigenvalue weighted by Gasteiger charge is 2.25. The maximum atomic E-state index is 13.1. The van der Waals surface area contributed by atoms with Gasteiger partial charge in [-0.1, -0.05) is 12.1 Å². The fourth-order valence-corrected chi connectivity index (χ4v) is 4.97. The van der Waals surface area contributed by atoms with Crippen LogP contribution in [0.3, 0.4) is 0 Å². The van der Waals surface area contributed by atoms with Crippen molar-refractivity contribution < 1.29 is 13.2 Å². The van der Waals surface area contributed by atoms with E-state index in [-0.39, 0.29) is 6.04 Å². The molecule has 4 nitrogen and oxygen atoms in total. The molecular formula is C20H27NO3S. The molecule has 1 atom stereocenters. The Hall–Kier alpha value is -1.85. The zero-order valence-corrected chi connectivity index (χ0v) is 16.8. The fourth-order valence-electron chi connectivity index (χ4n) is 3.14. The van der Waals surface area contributed by atoms with Gasteiger partial charge in [0.05, 0.1) is 12.0 Å². The second kappa shape index (κ2) is 7.18. The summed E-state index contributed by atoms with van der Waals surface area (Å²) in [5.41, 5.74) is 5.68. The van der Waals surface area contributed by atoms with E-state index in [1.807, 2.05) is 65.8 Å². The number of ether oxygens (including phenoxy) is 1. The lowest BCUT2D eigenvalue weighted by atomic mass is 9.95. The van der Waals surface area contributed by atoms with Gasteiger partial charge in [-0.3, -0.25) is 0 Å². The van der Waals surface area contributed by atoms with Crippen LogP contribution < -0.4 is 9.46 Å². The zero-order chi connectivity index (χ0) is 18.9. The van der Waals surface area contributed by atoms with E-state index >= 15 is 0 Å². The van der Waals surface area contributed by atoms with Crippen molar-refractivity contribution in [1.29, 1.82) is 0 Å². The van der Waals surface area contributed by atoms with Crippen LogP contribution in [0.25, 0.3) is 0 Å². The Morgan fingerprint density at radius 2 is 1.44 bits per heavy atom. The Morgan fingerprint density at radius 1 is 0.920 bits per heavy atom. The summed E-state index contributed by atoms with van der Waals surface area (Å²) in [6, 6.07) is 7.07. The minimum atomic E-state index is -3.64. The van der Waals surface area contributed by atoms with Crippen molar-refractivity contribution in [2.24, 2.45) is 0 Å². The first-order valence-electron chi connectivity index (χ1n) is 8.33. The summed E-state index contributed by atoms with van der Waals surface area (Å²) >= 11 is 0. The van der Waals surface area contributed by atoms with Gasteiger partial charge in [0.15, 0.2) is 0 Å². The molecular weight excluding hydrogens is 334 g/mol. The van der Waals surface area contributed by atoms with Gasteiger partial charge >= 0.3 is 0 Å². The molecule has 0 radical (unpaired) electrons. The van der Waals surface area contributed by atoms with E-state index in [1.165, 1.54) is 0 Å². The van der Waals surface area contributed by atoms with Crippen molar-refractivity contribution in [3.63, 3.8) is 0 Å². The molecule has 0 saturated heterocycles. The summed E-state index contributed by atoms with van der Waals surface area (Å²) in [6.07, 6.45) is 0. The molecule has 0 spiro atoms. The van der Waals surface area contributed by atoms with Gasteiger partial charge in [0.2, 0.25) is 10.0 Å². The Labute approximate surface area is 151 Å². The number of methoxy groups -OCH3 is 1. The van der Waals surface area contributed by atoms with E-state index in [9.17, 15) is 8.42 Å². The third-order valence-corrected chi connectivity index (χ3v) is 6.94. The minimum Gasteiger partial charge on any atom is -0.497 e. The van der Waals surface area contributed by atoms with Crippen LogP contribution in [0, 0.1) is 34.6 Å². The number of benzene rings is 2. The summed E-state index contributed by atoms with van der Waals surface area (Å²) in [6.45, 7) is 11.6. The third-order valence-electron chi connectivity index (χ3n) is 5.13. The third kappa shape index (κ3) is 3.72. The second-order valence-corrected chi connectivity index (χ2v) is 8.22. The summed E-state index contributed by atoms with van der Waals surface area (Å²) < 4.78 is 34.2. The molecule has 0 aromatic heterocycles. The quantitative estimate of drug-likeness (QED) is 0.865. The summed E-state index contributed by atoms with van der Waals surface area (Å²) in [7, 11) is -2.05. The van der Waals surface area contributed by atoms with Crippen molar-refractivity contribution in [3.8, 4) is 5.75 Å². The van der Waals surface area contributed by atoms with Crippen LogP contribution in [-0.4, -0.2) is 15.5 Å². The summed E-state index contributed by atoms with van der Waals surface area (Å²) in [4.78, 5) is 0.392. The first-order valence-corrected chi connectivity index (χ1v) is 9.81. The molecule has 0 fully saturated rings. The van der Waals surface area contributed by atoms with E-state index in [0.29, 0.717) is 10.6 Å². The van der Waals surface area contributed by atoms with Gasteiger partial charge in [-0.05, 0) is 87.1 Å². The van der Waals surface area contributed by atoms with Crippen LogP contribution in [0.5, 0.6) is 5.75 Å². The van der Waals surface area contributed by atoms with Gasteiger partial charge in [-0.25, -0.2) is 13.1 Å². The number of sulfonamides is 1. The number of nitrogens with one attached hydrogen (secondary N) is 1. The van der Waals surface area contributed by atoms with E-state index in [1.54, 1.807) is 7.11 Å². The average molecular weight is 362 g/mol. The molecule has 136 valence electrons. The van der Waals surface area contributed by atoms with Crippen molar-refractivity contribution in [2.75, 3.05) is 7.11 Å². The van der Waals surface area contributed by atoms with Crippen molar-refractivity contribution in [2.45, 2.75) is 52.5 Å². The highest BCUT2D eigenvalue weighted by molar-refractivity contribution is 7.89. The normalized spacial score (nSPS) is 12.9. The summed E-state index contributed by atoms with van der Waals surface area (Å²) in [5, 5.41) is 0. The first kappa shape index (κ1) is 19.5. The second-order valence-electron chi connectivity index (χ2n) is 6.57. The molecule has 1 unspecified atom stereocenters. The predicted molar refractivity (Wildman–Crippen MR) is 102 cm³/mol. The molecule has 2 aromatic carbocycles. The maximum Gasteiger partial charge on any atom is 0.241 e. The molecule has 0 saturated carbocycles. The Kier molecular flexibility index (Phi) is 5.59. The zero-order valence-electron chi connectivity index (χ0n) is 16.0. The van der Waals surface area contributed by atoms with Crippen molar-refractivity contribution in [1.82, 2.24) is 4.72 Å². The molecule has 0 heterocycles. The van der Waals surface area contributed by atoms with Crippen LogP contribution in [0.15, 0.2) is 29.2 Å². The molecule has 1 N–H and O–H groups in total. The van der Waals surface area contributed by atoms with E-state index in [0.717, 1.165) is 33.4 Å². The molecule has 25 heavy (non-hydrogen) atoms. The molecule has 0 aliphatic carbocycles. The molecule has 2 rings (SSSR count). The SMILES string of the molecule is COc1cccc(C(C)NS(=O)(=O)c2c(C)c(C)c(C)c(C)c2C)c1. The highest BCUT2D eigenvalue weighted by atomic mass is 32.2. The van der Waals surface area contributed by atoms with Crippen LogP contribution >= 0.6 is 0 Å². The predicted octanol–water partition coefficient (Wildman–Crippen LogP) is 4.28. The van der Waals surface area contributed by atoms with Gasteiger partial charge in [-0.2, -0.15) is 0 Å². The van der Waals surface area contributed by atoms with Gasteiger partial charge in [0, 0.05) is 6.04 Å². The topological polar surface area (TPSA) is 55.4 Å². The van der Waals surface area contributed by atoms with Crippen LogP contribution in [0.4, 0.5) is 0 Å². The molecule has 5 heteroatoms. The van der Waals surface area contributed by atoms with E-state index in [4.69, 9.17) is 4.74 Å². The molecule has 2 aromatic rings. The van der Waals surface area contributed by atoms with Crippen molar-refractivity contribution in [3.05, 3.63) is 57.6 Å². The number of hydrogen-bond acceptors (Lipinski definition) is 3. The fraction of sp³-hybridized carbons (Fsp3) is 0.400. The molecule has 0 aliphatic rings. The smallest absolute Gasteiger partial charge is 0.241 e. The lowest BCUT2D eigenvalue weighted by Gasteiger charge is -2.21. The first-order chi connectivity index (χ1) is 11.6. The largest absolute Gasteiger partial charge is 0.497 e. The number of hydrogen-bond donors (Lipinski definition) is 1. The van der Waals surface area contributed by atoms with Crippen molar-refractivity contribution >= 4 is 10.0 Å². The van der Waals surface area contributed by atoms with Crippen LogP contribution in [0.2, 0.25) is 0 Å². The van der Waals surface area contributed by atoms with Gasteiger partial charge < -0.3 is 4.74 Å². The van der Waals surface area contributed by atoms with E-state index < -0.39 is 10.0 Å². The van der Waals surface area contributed by atoms with Crippen LogP contribution in [-0.2, 0) is 10.0 Å². The lowest BCUT2D eigenvalue weighted by molar-refractivity contribution is 0.413. The molecule has 0 amide bonds. The maximum absolute atomic E-state index is 13.1. The van der Waals surface area contributed by atoms with E-state index in [2.05, 4.69) is 4.72 Å². The lowest BCUT2D eigenvalue weighted by Crippen LogP contribution is -2.28. The minimum absolute atomic E-state index is 0.360. The summed E-state index contributed by atoms with van der Waals surface area (Å²) in [5.74, 6) is 0.706. The van der Waals surface area contributed by atoms with Gasteiger partial charge in [-0.15, -0.1) is 0 Å². The standard InChI is InChI=1S/C20H27NO3S/c1-12-13(2)15(4)20(16(5)14(12)3)25(22,23)21-17(6)18-9-8-10-19(11-18)24-7/h8-11,17,21H,1-7H3. The average Bonchev–Trinajstić information content (AvgIpc) is 2.57. The molecule has 0 bridgehead atoms. The van der Waals surface area contributed by atoms with Gasteiger partial charge in [0.25, 0.3) is 0 Å². The Morgan fingerprint density at radius 3 is 1.96 bits per heavy atom. The number of rotatable bonds is 5. The highest BCUT2D eigenvalue weighted by Crippen LogP contribution is 2.30. The Balaban J connectivity index is 2.46.